The molecule has 0 aliphatic heterocycles. The van der Waals surface area contributed by atoms with E-state index < -0.39 is 18.3 Å². The lowest BCUT2D eigenvalue weighted by Gasteiger charge is -2.17. The number of benzene rings is 1. The summed E-state index contributed by atoms with van der Waals surface area (Å²) in [5.74, 6) is -0.867. The summed E-state index contributed by atoms with van der Waals surface area (Å²) in [6.45, 7) is 8.14. The highest BCUT2D eigenvalue weighted by Crippen LogP contribution is 2.25. The fourth-order valence-electron chi connectivity index (χ4n) is 2.42. The molecule has 0 saturated heterocycles. The van der Waals surface area contributed by atoms with Gasteiger partial charge in [0, 0.05) is 23.6 Å². The molecule has 1 unspecified atom stereocenters. The van der Waals surface area contributed by atoms with Crippen molar-refractivity contribution in [1.29, 1.82) is 0 Å². The molecule has 156 valence electrons. The van der Waals surface area contributed by atoms with Crippen LogP contribution < -0.4 is 10.0 Å². The standard InChI is InChI=1S/C18H25F3N4OS2/c1-11(17(19)20)7-16(26)22-9-12-5-6-14-13(8-12)24-15(25(14)28-21)10-23-27-18(2,3)4/h5-6,8,11,17,23H,7,9-10H2,1-4H3,(H,22,26). The van der Waals surface area contributed by atoms with Gasteiger partial charge in [-0.05, 0) is 38.5 Å². The van der Waals surface area contributed by atoms with Crippen LogP contribution in [0.5, 0.6) is 0 Å². The first-order valence-electron chi connectivity index (χ1n) is 8.85. The van der Waals surface area contributed by atoms with Gasteiger partial charge >= 0.3 is 0 Å². The lowest BCUT2D eigenvalue weighted by atomic mass is 10.1. The Kier molecular flexibility index (Phi) is 8.08. The summed E-state index contributed by atoms with van der Waals surface area (Å²) in [7, 11) is 0. The van der Waals surface area contributed by atoms with Crippen LogP contribution in [0.25, 0.3) is 11.0 Å². The highest BCUT2D eigenvalue weighted by molar-refractivity contribution is 7.98. The van der Waals surface area contributed by atoms with Gasteiger partial charge in [0.05, 0.1) is 17.6 Å². The molecule has 5 nitrogen and oxygen atoms in total. The second-order valence-electron chi connectivity index (χ2n) is 7.54. The van der Waals surface area contributed by atoms with E-state index in [2.05, 4.69) is 35.8 Å². The predicted octanol–water partition coefficient (Wildman–Crippen LogP) is 4.86. The molecule has 10 heteroatoms. The number of hydrogen-bond acceptors (Lipinski definition) is 5. The van der Waals surface area contributed by atoms with Crippen LogP contribution >= 0.6 is 24.3 Å². The van der Waals surface area contributed by atoms with Crippen LogP contribution in [0.1, 0.15) is 45.5 Å². The maximum atomic E-state index is 13.4. The second kappa shape index (κ2) is 9.89. The van der Waals surface area contributed by atoms with Crippen LogP contribution in [0.2, 0.25) is 0 Å². The first-order chi connectivity index (χ1) is 13.1. The lowest BCUT2D eigenvalue weighted by molar-refractivity contribution is -0.123. The van der Waals surface area contributed by atoms with Gasteiger partial charge in [0.2, 0.25) is 12.3 Å². The first-order valence-corrected chi connectivity index (χ1v) is 10.3. The van der Waals surface area contributed by atoms with Crippen molar-refractivity contribution >= 4 is 41.2 Å². The van der Waals surface area contributed by atoms with Crippen molar-refractivity contribution in [2.24, 2.45) is 5.92 Å². The summed E-state index contributed by atoms with van der Waals surface area (Å²) < 4.78 is 43.1. The Morgan fingerprint density at radius 1 is 1.29 bits per heavy atom. The minimum absolute atomic E-state index is 0.0207. The van der Waals surface area contributed by atoms with Crippen LogP contribution in [0.15, 0.2) is 18.2 Å². The van der Waals surface area contributed by atoms with E-state index in [0.29, 0.717) is 23.4 Å². The number of carbonyl (C=O) groups excluding carboxylic acids is 1. The largest absolute Gasteiger partial charge is 0.352 e. The summed E-state index contributed by atoms with van der Waals surface area (Å²) in [6.07, 6.45) is -2.75. The number of halogens is 3. The molecular formula is C18H25F3N4OS2. The SMILES string of the molecule is CC(CC(=O)NCc1ccc2c(c1)nc(CNSC(C)(C)C)n2SF)C(F)F. The summed E-state index contributed by atoms with van der Waals surface area (Å²) in [5.41, 5.74) is 2.00. The second-order valence-corrected chi connectivity index (χ2v) is 9.76. The normalized spacial score (nSPS) is 13.3. The number of aromatic nitrogens is 2. The highest BCUT2D eigenvalue weighted by Gasteiger charge is 2.18. The molecule has 2 aromatic rings. The number of carbonyl (C=O) groups is 1. The fraction of sp³-hybridized carbons (Fsp3) is 0.556. The average Bonchev–Trinajstić information content (AvgIpc) is 2.95. The minimum atomic E-state index is -2.52. The van der Waals surface area contributed by atoms with Crippen molar-refractivity contribution in [3.8, 4) is 0 Å². The third kappa shape index (κ3) is 6.59. The molecule has 1 amide bonds. The topological polar surface area (TPSA) is 59.0 Å². The summed E-state index contributed by atoms with van der Waals surface area (Å²) in [6, 6.07) is 5.26. The molecule has 2 N–H and O–H groups in total. The molecule has 0 fully saturated rings. The maximum Gasteiger partial charge on any atom is 0.241 e. The summed E-state index contributed by atoms with van der Waals surface area (Å²) in [5, 5.41) is 2.63. The van der Waals surface area contributed by atoms with Gasteiger partial charge in [-0.1, -0.05) is 24.9 Å². The zero-order valence-corrected chi connectivity index (χ0v) is 17.9. The van der Waals surface area contributed by atoms with E-state index in [1.54, 1.807) is 30.1 Å². The van der Waals surface area contributed by atoms with E-state index in [4.69, 9.17) is 0 Å². The number of rotatable bonds is 9. The minimum Gasteiger partial charge on any atom is -0.352 e. The van der Waals surface area contributed by atoms with Crippen LogP contribution in [0.3, 0.4) is 0 Å². The van der Waals surface area contributed by atoms with Gasteiger partial charge in [0.15, 0.2) is 12.3 Å². The maximum absolute atomic E-state index is 13.4. The zero-order valence-electron chi connectivity index (χ0n) is 16.3. The number of fused-ring (bicyclic) bond motifs is 1. The summed E-state index contributed by atoms with van der Waals surface area (Å²) >= 11 is 1.63. The smallest absolute Gasteiger partial charge is 0.241 e. The number of alkyl halides is 2. The van der Waals surface area contributed by atoms with E-state index in [-0.39, 0.29) is 30.0 Å². The molecule has 0 aliphatic carbocycles. The molecule has 1 aromatic heterocycles. The number of nitrogens with one attached hydrogen (secondary N) is 2. The molecule has 1 aromatic carbocycles. The third-order valence-corrected chi connectivity index (χ3v) is 5.29. The molecule has 28 heavy (non-hydrogen) atoms. The van der Waals surface area contributed by atoms with Crippen LogP contribution in [0.4, 0.5) is 12.7 Å². The lowest BCUT2D eigenvalue weighted by Crippen LogP contribution is -2.26. The number of imidazole rings is 1. The van der Waals surface area contributed by atoms with Crippen LogP contribution in [-0.2, 0) is 17.9 Å². The monoisotopic (exact) mass is 434 g/mol. The number of amides is 1. The predicted molar refractivity (Wildman–Crippen MR) is 110 cm³/mol. The van der Waals surface area contributed by atoms with Crippen molar-refractivity contribution < 1.29 is 17.5 Å². The molecule has 0 saturated carbocycles. The highest BCUT2D eigenvalue weighted by atomic mass is 32.2. The van der Waals surface area contributed by atoms with E-state index in [0.717, 1.165) is 5.56 Å². The molecule has 0 radical (unpaired) electrons. The Labute approximate surface area is 171 Å². The van der Waals surface area contributed by atoms with Crippen LogP contribution in [-0.4, -0.2) is 26.0 Å². The van der Waals surface area contributed by atoms with Gasteiger partial charge in [0.1, 0.15) is 5.82 Å². The van der Waals surface area contributed by atoms with Gasteiger partial charge in [-0.2, -0.15) is 0 Å². The first kappa shape index (κ1) is 22.9. The molecule has 1 atom stereocenters. The van der Waals surface area contributed by atoms with Crippen molar-refractivity contribution in [3.05, 3.63) is 29.6 Å². The van der Waals surface area contributed by atoms with Crippen molar-refractivity contribution in [1.82, 2.24) is 19.0 Å². The van der Waals surface area contributed by atoms with Gasteiger partial charge in [0.25, 0.3) is 0 Å². The molecular weight excluding hydrogens is 409 g/mol. The Hall–Kier alpha value is -1.39. The molecule has 0 bridgehead atoms. The number of hydrogen-bond donors (Lipinski definition) is 2. The fourth-order valence-corrected chi connectivity index (χ4v) is 3.47. The van der Waals surface area contributed by atoms with Crippen LogP contribution in [0, 0.1) is 5.92 Å². The van der Waals surface area contributed by atoms with Gasteiger partial charge in [-0.15, -0.1) is 3.89 Å². The third-order valence-electron chi connectivity index (χ3n) is 3.85. The molecule has 2 rings (SSSR count). The average molecular weight is 435 g/mol. The molecule has 1 heterocycles. The summed E-state index contributed by atoms with van der Waals surface area (Å²) in [4.78, 5) is 16.2. The number of nitrogens with zero attached hydrogens (tertiary/aromatic N) is 2. The van der Waals surface area contributed by atoms with E-state index in [1.807, 2.05) is 0 Å². The van der Waals surface area contributed by atoms with Gasteiger partial charge in [-0.3, -0.25) is 9.52 Å². The van der Waals surface area contributed by atoms with Gasteiger partial charge < -0.3 is 5.32 Å². The Morgan fingerprint density at radius 2 is 2.00 bits per heavy atom. The van der Waals surface area contributed by atoms with Crippen molar-refractivity contribution in [2.75, 3.05) is 0 Å². The van der Waals surface area contributed by atoms with Crippen molar-refractivity contribution in [2.45, 2.75) is 58.4 Å². The molecule has 0 spiro atoms. The quantitative estimate of drug-likeness (QED) is 0.552. The Morgan fingerprint density at radius 3 is 2.61 bits per heavy atom. The van der Waals surface area contributed by atoms with E-state index in [1.165, 1.54) is 10.9 Å². The van der Waals surface area contributed by atoms with E-state index in [9.17, 15) is 17.5 Å². The Balaban J connectivity index is 2.05. The zero-order chi connectivity index (χ0) is 20.9. The van der Waals surface area contributed by atoms with E-state index >= 15 is 0 Å². The molecule has 0 aliphatic rings. The van der Waals surface area contributed by atoms with Crippen molar-refractivity contribution in [3.63, 3.8) is 0 Å². The Bertz CT molecular complexity index is 808. The van der Waals surface area contributed by atoms with Gasteiger partial charge in [-0.25, -0.2) is 17.7 Å².